The molecule has 1 aromatic rings. The maximum Gasteiger partial charge on any atom is 0.112 e. The predicted octanol–water partition coefficient (Wildman–Crippen LogP) is 0.619. The number of rotatable bonds is 2. The quantitative estimate of drug-likeness (QED) is 0.594. The lowest BCUT2D eigenvalue weighted by atomic mass is 10.3. The monoisotopic (exact) mass is 160 g/mol. The first-order valence-corrected chi connectivity index (χ1v) is 3.33. The lowest BCUT2D eigenvalue weighted by molar-refractivity contribution is 0.282. The fraction of sp³-hybridized carbons (Fsp3) is 0.333. The Morgan fingerprint density at radius 3 is 2.70 bits per heavy atom. The number of nitrogens with two attached hydrogens (primary N) is 1. The van der Waals surface area contributed by atoms with Crippen molar-refractivity contribution in [3.05, 3.63) is 22.5 Å². The SMILES string of the molecule is NCc1cc(CO)c(Cl)[nH]1. The standard InChI is InChI=1S/C6H9ClN2O/c7-6-4(3-10)1-5(2-8)9-6/h1,9-10H,2-3,8H2. The molecule has 0 amide bonds. The Balaban J connectivity index is 2.92. The first kappa shape index (κ1) is 7.60. The third kappa shape index (κ3) is 1.31. The molecule has 0 radical (unpaired) electrons. The number of aromatic amines is 1. The minimum Gasteiger partial charge on any atom is -0.392 e. The van der Waals surface area contributed by atoms with E-state index in [1.54, 1.807) is 6.07 Å². The summed E-state index contributed by atoms with van der Waals surface area (Å²) in [5.74, 6) is 0. The Kier molecular flexibility index (Phi) is 2.32. The third-order valence-corrected chi connectivity index (χ3v) is 1.63. The molecule has 0 aromatic carbocycles. The molecule has 0 saturated carbocycles. The molecule has 1 aromatic heterocycles. The molecule has 0 fully saturated rings. The number of aliphatic hydroxyl groups is 1. The van der Waals surface area contributed by atoms with Gasteiger partial charge in [-0.25, -0.2) is 0 Å². The average molecular weight is 161 g/mol. The highest BCUT2D eigenvalue weighted by Gasteiger charge is 2.02. The molecule has 10 heavy (non-hydrogen) atoms. The summed E-state index contributed by atoms with van der Waals surface area (Å²) in [6.07, 6.45) is 0. The van der Waals surface area contributed by atoms with Crippen LogP contribution in [0.15, 0.2) is 6.07 Å². The summed E-state index contributed by atoms with van der Waals surface area (Å²) in [7, 11) is 0. The summed E-state index contributed by atoms with van der Waals surface area (Å²) < 4.78 is 0. The van der Waals surface area contributed by atoms with Crippen molar-refractivity contribution in [1.29, 1.82) is 0 Å². The van der Waals surface area contributed by atoms with Crippen molar-refractivity contribution in [3.8, 4) is 0 Å². The molecule has 0 unspecified atom stereocenters. The Hall–Kier alpha value is -0.510. The first-order chi connectivity index (χ1) is 4.77. The van der Waals surface area contributed by atoms with Gasteiger partial charge >= 0.3 is 0 Å². The smallest absolute Gasteiger partial charge is 0.112 e. The lowest BCUT2D eigenvalue weighted by Gasteiger charge is -1.85. The van der Waals surface area contributed by atoms with Gasteiger partial charge in [0.1, 0.15) is 5.15 Å². The number of aliphatic hydroxyl groups excluding tert-OH is 1. The summed E-state index contributed by atoms with van der Waals surface area (Å²) in [5.41, 5.74) is 6.85. The summed E-state index contributed by atoms with van der Waals surface area (Å²) in [4.78, 5) is 2.83. The molecule has 4 N–H and O–H groups in total. The Morgan fingerprint density at radius 1 is 1.70 bits per heavy atom. The molecule has 0 bridgehead atoms. The van der Waals surface area contributed by atoms with Gasteiger partial charge in [0.25, 0.3) is 0 Å². The highest BCUT2D eigenvalue weighted by Crippen LogP contribution is 2.15. The molecule has 56 valence electrons. The minimum atomic E-state index is -0.0463. The van der Waals surface area contributed by atoms with Crippen molar-refractivity contribution < 1.29 is 5.11 Å². The third-order valence-electron chi connectivity index (χ3n) is 1.29. The molecular formula is C6H9ClN2O. The molecule has 0 aliphatic heterocycles. The summed E-state index contributed by atoms with van der Waals surface area (Å²) in [6, 6.07) is 1.75. The zero-order valence-corrected chi connectivity index (χ0v) is 6.15. The number of hydrogen-bond donors (Lipinski definition) is 3. The summed E-state index contributed by atoms with van der Waals surface area (Å²) in [6.45, 7) is 0.370. The van der Waals surface area contributed by atoms with Gasteiger partial charge in [-0.15, -0.1) is 0 Å². The van der Waals surface area contributed by atoms with E-state index >= 15 is 0 Å². The minimum absolute atomic E-state index is 0.0463. The van der Waals surface area contributed by atoms with E-state index in [9.17, 15) is 0 Å². The van der Waals surface area contributed by atoms with Gasteiger partial charge in [-0.1, -0.05) is 11.6 Å². The van der Waals surface area contributed by atoms with Gasteiger partial charge in [-0.05, 0) is 6.07 Å². The molecule has 1 rings (SSSR count). The van der Waals surface area contributed by atoms with Crippen LogP contribution in [-0.2, 0) is 13.2 Å². The van der Waals surface area contributed by atoms with Crippen LogP contribution in [0.4, 0.5) is 0 Å². The number of nitrogens with one attached hydrogen (secondary N) is 1. The normalized spacial score (nSPS) is 10.3. The molecule has 3 nitrogen and oxygen atoms in total. The van der Waals surface area contributed by atoms with E-state index in [0.717, 1.165) is 5.69 Å². The van der Waals surface area contributed by atoms with Gasteiger partial charge in [-0.2, -0.15) is 0 Å². The molecule has 0 aliphatic rings. The van der Waals surface area contributed by atoms with Gasteiger partial charge in [0.15, 0.2) is 0 Å². The van der Waals surface area contributed by atoms with Gasteiger partial charge in [0, 0.05) is 17.8 Å². The fourth-order valence-corrected chi connectivity index (χ4v) is 0.992. The maximum atomic E-state index is 8.68. The number of halogens is 1. The zero-order chi connectivity index (χ0) is 7.56. The second-order valence-electron chi connectivity index (χ2n) is 2.00. The van der Waals surface area contributed by atoms with Crippen LogP contribution in [0.3, 0.4) is 0 Å². The summed E-state index contributed by atoms with van der Waals surface area (Å²) >= 11 is 5.65. The highest BCUT2D eigenvalue weighted by molar-refractivity contribution is 6.30. The van der Waals surface area contributed by atoms with Crippen LogP contribution < -0.4 is 5.73 Å². The van der Waals surface area contributed by atoms with Crippen molar-refractivity contribution in [2.75, 3.05) is 0 Å². The van der Waals surface area contributed by atoms with Crippen LogP contribution in [0, 0.1) is 0 Å². The molecule has 1 heterocycles. The van der Waals surface area contributed by atoms with Crippen LogP contribution in [0.2, 0.25) is 5.15 Å². The highest BCUT2D eigenvalue weighted by atomic mass is 35.5. The van der Waals surface area contributed by atoms with Crippen LogP contribution in [0.25, 0.3) is 0 Å². The first-order valence-electron chi connectivity index (χ1n) is 2.95. The Bertz CT molecular complexity index is 222. The number of hydrogen-bond acceptors (Lipinski definition) is 2. The largest absolute Gasteiger partial charge is 0.392 e. The second-order valence-corrected chi connectivity index (χ2v) is 2.37. The maximum absolute atomic E-state index is 8.68. The Morgan fingerprint density at radius 2 is 2.40 bits per heavy atom. The van der Waals surface area contributed by atoms with Crippen LogP contribution in [-0.4, -0.2) is 10.1 Å². The van der Waals surface area contributed by atoms with Crippen molar-refractivity contribution in [1.82, 2.24) is 4.98 Å². The fourth-order valence-electron chi connectivity index (χ4n) is 0.756. The number of H-pyrrole nitrogens is 1. The van der Waals surface area contributed by atoms with E-state index in [1.165, 1.54) is 0 Å². The number of aromatic nitrogens is 1. The lowest BCUT2D eigenvalue weighted by Crippen LogP contribution is -1.95. The van der Waals surface area contributed by atoms with E-state index in [2.05, 4.69) is 4.98 Å². The van der Waals surface area contributed by atoms with Crippen LogP contribution in [0.5, 0.6) is 0 Å². The van der Waals surface area contributed by atoms with Gasteiger partial charge in [0.05, 0.1) is 6.61 Å². The van der Waals surface area contributed by atoms with Crippen molar-refractivity contribution in [2.45, 2.75) is 13.2 Å². The van der Waals surface area contributed by atoms with Crippen molar-refractivity contribution in [2.24, 2.45) is 5.73 Å². The average Bonchev–Trinajstić information content (AvgIpc) is 2.30. The molecule has 0 atom stereocenters. The van der Waals surface area contributed by atoms with E-state index in [0.29, 0.717) is 17.3 Å². The van der Waals surface area contributed by atoms with E-state index < -0.39 is 0 Å². The van der Waals surface area contributed by atoms with Gasteiger partial charge < -0.3 is 15.8 Å². The van der Waals surface area contributed by atoms with Crippen molar-refractivity contribution in [3.63, 3.8) is 0 Å². The molecule has 0 spiro atoms. The van der Waals surface area contributed by atoms with Crippen molar-refractivity contribution >= 4 is 11.6 Å². The topological polar surface area (TPSA) is 62.0 Å². The molecular weight excluding hydrogens is 152 g/mol. The predicted molar refractivity (Wildman–Crippen MR) is 39.6 cm³/mol. The van der Waals surface area contributed by atoms with E-state index in [1.807, 2.05) is 0 Å². The molecule has 0 saturated heterocycles. The molecule has 0 aliphatic carbocycles. The summed E-state index contributed by atoms with van der Waals surface area (Å²) in [5, 5.41) is 9.16. The van der Waals surface area contributed by atoms with E-state index in [-0.39, 0.29) is 6.61 Å². The van der Waals surface area contributed by atoms with Gasteiger partial charge in [0.2, 0.25) is 0 Å². The second kappa shape index (κ2) is 3.05. The zero-order valence-electron chi connectivity index (χ0n) is 5.39. The van der Waals surface area contributed by atoms with Crippen LogP contribution in [0.1, 0.15) is 11.3 Å². The van der Waals surface area contributed by atoms with E-state index in [4.69, 9.17) is 22.4 Å². The van der Waals surface area contributed by atoms with Gasteiger partial charge in [-0.3, -0.25) is 0 Å². The Labute approximate surface area is 63.8 Å². The van der Waals surface area contributed by atoms with Crippen LogP contribution >= 0.6 is 11.6 Å². The molecule has 4 heteroatoms.